The van der Waals surface area contributed by atoms with Gasteiger partial charge in [0.15, 0.2) is 0 Å². The summed E-state index contributed by atoms with van der Waals surface area (Å²) in [4.78, 5) is 22.2. The third-order valence-corrected chi connectivity index (χ3v) is 2.46. The van der Waals surface area contributed by atoms with Crippen LogP contribution in [0.25, 0.3) is 11.0 Å². The van der Waals surface area contributed by atoms with Crippen LogP contribution in [0, 0.1) is 11.8 Å². The second-order valence-electron chi connectivity index (χ2n) is 3.85. The molecule has 1 heterocycles. The van der Waals surface area contributed by atoms with Crippen molar-refractivity contribution < 1.29 is 14.3 Å². The van der Waals surface area contributed by atoms with E-state index in [1.165, 1.54) is 6.07 Å². The summed E-state index contributed by atoms with van der Waals surface area (Å²) in [5, 5.41) is 9.39. The van der Waals surface area contributed by atoms with Gasteiger partial charge in [0.1, 0.15) is 11.1 Å². The predicted molar refractivity (Wildman–Crippen MR) is 70.0 cm³/mol. The summed E-state index contributed by atoms with van der Waals surface area (Å²) in [6.07, 6.45) is 0.586. The molecule has 0 unspecified atom stereocenters. The van der Waals surface area contributed by atoms with E-state index >= 15 is 0 Å². The van der Waals surface area contributed by atoms with Crippen molar-refractivity contribution >= 4 is 16.9 Å². The first-order valence-electron chi connectivity index (χ1n) is 5.62. The molecule has 0 aliphatic carbocycles. The van der Waals surface area contributed by atoms with Gasteiger partial charge in [0.2, 0.25) is 0 Å². The lowest BCUT2D eigenvalue weighted by atomic mass is 10.1. The van der Waals surface area contributed by atoms with Crippen molar-refractivity contribution in [3.05, 3.63) is 45.8 Å². The average Bonchev–Trinajstić information content (AvgIpc) is 2.38. The van der Waals surface area contributed by atoms with E-state index in [0.717, 1.165) is 0 Å². The van der Waals surface area contributed by atoms with E-state index in [-0.39, 0.29) is 5.56 Å². The number of fused-ring (bicyclic) bond motifs is 1. The molecule has 0 bridgehead atoms. The largest absolute Gasteiger partial charge is 0.477 e. The van der Waals surface area contributed by atoms with Crippen molar-refractivity contribution in [2.24, 2.45) is 5.73 Å². The quantitative estimate of drug-likeness (QED) is 0.622. The molecule has 5 heteroatoms. The summed E-state index contributed by atoms with van der Waals surface area (Å²) < 4.78 is 4.93. The highest BCUT2D eigenvalue weighted by Gasteiger charge is 2.11. The third-order valence-electron chi connectivity index (χ3n) is 2.46. The van der Waals surface area contributed by atoms with Crippen LogP contribution in [0.2, 0.25) is 0 Å². The Morgan fingerprint density at radius 2 is 2.16 bits per heavy atom. The molecule has 0 spiro atoms. The Bertz CT molecular complexity index is 749. The summed E-state index contributed by atoms with van der Waals surface area (Å²) >= 11 is 0. The van der Waals surface area contributed by atoms with E-state index in [9.17, 15) is 9.59 Å². The summed E-state index contributed by atoms with van der Waals surface area (Å²) in [5.74, 6) is 4.48. The van der Waals surface area contributed by atoms with Crippen LogP contribution >= 0.6 is 0 Å². The van der Waals surface area contributed by atoms with Gasteiger partial charge in [0, 0.05) is 23.9 Å². The van der Waals surface area contributed by atoms with E-state index in [0.29, 0.717) is 29.5 Å². The maximum atomic E-state index is 11.4. The van der Waals surface area contributed by atoms with Crippen molar-refractivity contribution in [3.8, 4) is 11.8 Å². The number of benzene rings is 1. The number of carbonyl (C=O) groups is 1. The highest BCUT2D eigenvalue weighted by molar-refractivity contribution is 5.91. The number of carboxylic acid groups (broad SMARTS) is 1. The zero-order valence-corrected chi connectivity index (χ0v) is 9.97. The molecule has 0 aliphatic rings. The Morgan fingerprint density at radius 3 is 2.84 bits per heavy atom. The SMILES string of the molecule is NCCC#Cc1ccc2oc(=O)c(C(=O)O)cc2c1. The van der Waals surface area contributed by atoms with Gasteiger partial charge in [-0.1, -0.05) is 11.8 Å². The van der Waals surface area contributed by atoms with E-state index < -0.39 is 11.6 Å². The van der Waals surface area contributed by atoms with Crippen molar-refractivity contribution in [1.82, 2.24) is 0 Å². The monoisotopic (exact) mass is 257 g/mol. The molecular formula is C14H11NO4. The van der Waals surface area contributed by atoms with Crippen LogP contribution in [-0.4, -0.2) is 17.6 Å². The first-order chi connectivity index (χ1) is 9.11. The molecule has 2 rings (SSSR count). The van der Waals surface area contributed by atoms with E-state index in [1.807, 2.05) is 0 Å². The zero-order chi connectivity index (χ0) is 13.8. The molecule has 0 aliphatic heterocycles. The molecule has 0 saturated heterocycles. The number of nitrogens with two attached hydrogens (primary N) is 1. The lowest BCUT2D eigenvalue weighted by molar-refractivity contribution is 0.0692. The summed E-state index contributed by atoms with van der Waals surface area (Å²) in [6.45, 7) is 0.485. The van der Waals surface area contributed by atoms with Crippen LogP contribution in [0.15, 0.2) is 33.5 Å². The average molecular weight is 257 g/mol. The predicted octanol–water partition coefficient (Wildman–Crippen LogP) is 1.19. The van der Waals surface area contributed by atoms with Crippen molar-refractivity contribution in [3.63, 3.8) is 0 Å². The molecule has 2 aromatic rings. The second-order valence-corrected chi connectivity index (χ2v) is 3.85. The van der Waals surface area contributed by atoms with Gasteiger partial charge in [-0.2, -0.15) is 0 Å². The molecule has 0 radical (unpaired) electrons. The fourth-order valence-corrected chi connectivity index (χ4v) is 1.59. The Labute approximate surface area is 108 Å². The van der Waals surface area contributed by atoms with Crippen LogP contribution in [0.3, 0.4) is 0 Å². The number of hydrogen-bond acceptors (Lipinski definition) is 4. The van der Waals surface area contributed by atoms with Crippen molar-refractivity contribution in [2.75, 3.05) is 6.54 Å². The number of carboxylic acids is 1. The Morgan fingerprint density at radius 1 is 1.37 bits per heavy atom. The fourth-order valence-electron chi connectivity index (χ4n) is 1.59. The molecule has 1 aromatic carbocycles. The Kier molecular flexibility index (Phi) is 3.64. The maximum Gasteiger partial charge on any atom is 0.351 e. The van der Waals surface area contributed by atoms with Gasteiger partial charge in [-0.3, -0.25) is 0 Å². The van der Waals surface area contributed by atoms with Gasteiger partial charge in [0.05, 0.1) is 0 Å². The molecule has 5 nitrogen and oxygen atoms in total. The molecule has 96 valence electrons. The molecule has 19 heavy (non-hydrogen) atoms. The van der Waals surface area contributed by atoms with Crippen LogP contribution in [0.1, 0.15) is 22.3 Å². The molecule has 1 aromatic heterocycles. The molecular weight excluding hydrogens is 246 g/mol. The first-order valence-corrected chi connectivity index (χ1v) is 5.62. The topological polar surface area (TPSA) is 93.5 Å². The molecule has 0 saturated carbocycles. The van der Waals surface area contributed by atoms with Gasteiger partial charge in [-0.15, -0.1) is 0 Å². The van der Waals surface area contributed by atoms with Gasteiger partial charge >= 0.3 is 11.6 Å². The summed E-state index contributed by atoms with van der Waals surface area (Å²) in [5.41, 5.74) is 5.13. The normalized spacial score (nSPS) is 9.95. The number of aromatic carboxylic acids is 1. The first kappa shape index (κ1) is 12.9. The van der Waals surface area contributed by atoms with Crippen LogP contribution < -0.4 is 11.4 Å². The van der Waals surface area contributed by atoms with Gasteiger partial charge in [-0.05, 0) is 24.3 Å². The fraction of sp³-hybridized carbons (Fsp3) is 0.143. The van der Waals surface area contributed by atoms with Crippen molar-refractivity contribution in [1.29, 1.82) is 0 Å². The minimum atomic E-state index is -1.31. The summed E-state index contributed by atoms with van der Waals surface area (Å²) in [6, 6.07) is 6.26. The van der Waals surface area contributed by atoms with E-state index in [4.69, 9.17) is 15.3 Å². The Hall–Kier alpha value is -2.58. The smallest absolute Gasteiger partial charge is 0.351 e. The minimum Gasteiger partial charge on any atom is -0.477 e. The molecule has 0 fully saturated rings. The van der Waals surface area contributed by atoms with E-state index in [1.54, 1.807) is 18.2 Å². The van der Waals surface area contributed by atoms with Gasteiger partial charge in [0.25, 0.3) is 0 Å². The number of hydrogen-bond donors (Lipinski definition) is 2. The van der Waals surface area contributed by atoms with Crippen LogP contribution in [-0.2, 0) is 0 Å². The molecule has 3 N–H and O–H groups in total. The van der Waals surface area contributed by atoms with Gasteiger partial charge in [-0.25, -0.2) is 9.59 Å². The van der Waals surface area contributed by atoms with Crippen LogP contribution in [0.5, 0.6) is 0 Å². The standard InChI is InChI=1S/C14H11NO4/c15-6-2-1-3-9-4-5-12-10(7-9)8-11(13(16)17)14(18)19-12/h4-5,7-8H,2,6,15H2,(H,16,17). The highest BCUT2D eigenvalue weighted by atomic mass is 16.4. The van der Waals surface area contributed by atoms with Crippen LogP contribution in [0.4, 0.5) is 0 Å². The maximum absolute atomic E-state index is 11.4. The third kappa shape index (κ3) is 2.81. The van der Waals surface area contributed by atoms with Crippen molar-refractivity contribution in [2.45, 2.75) is 6.42 Å². The minimum absolute atomic E-state index is 0.333. The lowest BCUT2D eigenvalue weighted by Gasteiger charge is -1.99. The number of rotatable bonds is 2. The Balaban J connectivity index is 2.53. The van der Waals surface area contributed by atoms with E-state index in [2.05, 4.69) is 11.8 Å². The lowest BCUT2D eigenvalue weighted by Crippen LogP contribution is -2.12. The van der Waals surface area contributed by atoms with Gasteiger partial charge < -0.3 is 15.3 Å². The highest BCUT2D eigenvalue weighted by Crippen LogP contribution is 2.15. The molecule has 0 atom stereocenters. The zero-order valence-electron chi connectivity index (χ0n) is 9.97. The molecule has 0 amide bonds. The second kappa shape index (κ2) is 5.38. The summed E-state index contributed by atoms with van der Waals surface area (Å²) in [7, 11) is 0.